The Labute approximate surface area is 336 Å². The van der Waals surface area contributed by atoms with E-state index >= 15 is 0 Å². The van der Waals surface area contributed by atoms with Crippen LogP contribution in [0.25, 0.3) is 43.1 Å². The molecular formula is C46H52Au2P2+2. The molecule has 0 atom stereocenters. The number of rotatable bonds is 7. The van der Waals surface area contributed by atoms with Gasteiger partial charge in [0.25, 0.3) is 0 Å². The molecule has 50 heavy (non-hydrogen) atoms. The van der Waals surface area contributed by atoms with Crippen molar-refractivity contribution in [1.82, 2.24) is 0 Å². The number of fused-ring (bicyclic) bond motifs is 4. The second-order valence-corrected chi connectivity index (χ2v) is 21.8. The first-order valence-electron chi connectivity index (χ1n) is 17.4. The number of benzene rings is 6. The van der Waals surface area contributed by atoms with Gasteiger partial charge in [0.05, 0.1) is 35.0 Å². The summed E-state index contributed by atoms with van der Waals surface area (Å²) in [5.41, 5.74) is 5.57. The average Bonchev–Trinajstić information content (AvgIpc) is 3.07. The molecule has 0 unspecified atom stereocenters. The van der Waals surface area contributed by atoms with Crippen LogP contribution in [0, 0.1) is 24.7 Å². The van der Waals surface area contributed by atoms with Gasteiger partial charge in [-0.05, 0) is 89.1 Å². The van der Waals surface area contributed by atoms with E-state index in [0.717, 1.165) is 76.9 Å². The molecule has 0 radical (unpaired) electrons. The Morgan fingerprint density at radius 1 is 0.420 bits per heavy atom. The van der Waals surface area contributed by atoms with Gasteiger partial charge < -0.3 is 12.8 Å². The van der Waals surface area contributed by atoms with Gasteiger partial charge >= 0.3 is 44.8 Å². The molecule has 0 bridgehead atoms. The summed E-state index contributed by atoms with van der Waals surface area (Å²) in [4.78, 5) is 0. The van der Waals surface area contributed by atoms with Gasteiger partial charge in [-0.3, -0.25) is 11.8 Å². The van der Waals surface area contributed by atoms with E-state index in [1.807, 2.05) is 72.8 Å². The van der Waals surface area contributed by atoms with E-state index < -0.39 is 0 Å². The van der Waals surface area contributed by atoms with Gasteiger partial charge in [-0.2, -0.15) is 0 Å². The van der Waals surface area contributed by atoms with Crippen LogP contribution in [0.15, 0.2) is 109 Å². The zero-order chi connectivity index (χ0) is 34.8. The first-order valence-corrected chi connectivity index (χ1v) is 21.2. The summed E-state index contributed by atoms with van der Waals surface area (Å²) in [5.74, 6) is 5.13. The minimum atomic E-state index is -0.114. The van der Waals surface area contributed by atoms with Crippen LogP contribution in [0.1, 0.15) is 66.5 Å². The first kappa shape index (κ1) is 44.0. The minimum Gasteiger partial charge on any atom is -0.366 e. The van der Waals surface area contributed by atoms with Crippen LogP contribution >= 0.6 is 15.8 Å². The molecule has 6 aromatic rings. The van der Waals surface area contributed by atoms with Crippen LogP contribution in [0.3, 0.4) is 0 Å². The summed E-state index contributed by atoms with van der Waals surface area (Å²) in [6, 6.07) is 36.8. The van der Waals surface area contributed by atoms with Crippen molar-refractivity contribution in [1.29, 1.82) is 0 Å². The Bertz CT molecular complexity index is 1770. The van der Waals surface area contributed by atoms with E-state index in [-0.39, 0.29) is 60.6 Å². The smallest absolute Gasteiger partial charge is 0.366 e. The third-order valence-electron chi connectivity index (χ3n) is 9.46. The summed E-state index contributed by atoms with van der Waals surface area (Å²) in [6.45, 7) is 19.5. The zero-order valence-electron chi connectivity index (χ0n) is 30.7. The molecule has 0 aliphatic carbocycles. The normalized spacial score (nSPS) is 10.9. The van der Waals surface area contributed by atoms with Crippen LogP contribution in [0.4, 0.5) is 0 Å². The van der Waals surface area contributed by atoms with Crippen molar-refractivity contribution in [3.63, 3.8) is 0 Å². The minimum absolute atomic E-state index is 0. The van der Waals surface area contributed by atoms with Crippen molar-refractivity contribution in [3.8, 4) is 11.8 Å². The molecule has 0 aromatic heterocycles. The maximum absolute atomic E-state index is 7.46. The molecular weight excluding hydrogens is 1010 g/mol. The molecule has 0 aliphatic rings. The molecule has 6 rings (SSSR count). The quantitative estimate of drug-likeness (QED) is 0.0491. The summed E-state index contributed by atoms with van der Waals surface area (Å²) in [5, 5.41) is 9.03. The van der Waals surface area contributed by atoms with Gasteiger partial charge in [-0.15, -0.1) is 11.1 Å². The molecule has 0 N–H and O–H groups in total. The van der Waals surface area contributed by atoms with Crippen LogP contribution in [0.2, 0.25) is 0 Å². The van der Waals surface area contributed by atoms with E-state index in [4.69, 9.17) is 12.8 Å². The van der Waals surface area contributed by atoms with Gasteiger partial charge in [0.1, 0.15) is 0 Å². The SMILES string of the molecule is CC(C)[PH+](CC[PH+](C(C)C)C(C)C)C(C)C.[Au+].[Au+].[C-]#Cc1c2ccccc2cc2ccccc12.[C-]#Cc1c2ccccc2cc2ccccc12. The second kappa shape index (κ2) is 21.4. The summed E-state index contributed by atoms with van der Waals surface area (Å²) < 4.78 is 0. The Morgan fingerprint density at radius 3 is 0.840 bits per heavy atom. The fourth-order valence-electron chi connectivity index (χ4n) is 7.07. The molecule has 0 amide bonds. The molecule has 0 fully saturated rings. The molecule has 0 nitrogen and oxygen atoms in total. The van der Waals surface area contributed by atoms with E-state index in [0.29, 0.717) is 0 Å². The Morgan fingerprint density at radius 2 is 0.640 bits per heavy atom. The van der Waals surface area contributed by atoms with E-state index in [2.05, 4.69) is 104 Å². The summed E-state index contributed by atoms with van der Waals surface area (Å²) in [6.07, 6.45) is 18.0. The summed E-state index contributed by atoms with van der Waals surface area (Å²) >= 11 is 0. The molecule has 266 valence electrons. The Balaban J connectivity index is 0.000000255. The average molecular weight is 1060 g/mol. The van der Waals surface area contributed by atoms with E-state index in [1.54, 1.807) is 12.3 Å². The maximum Gasteiger partial charge on any atom is 1.00 e. The van der Waals surface area contributed by atoms with Crippen molar-refractivity contribution in [2.24, 2.45) is 0 Å². The number of hydrogen-bond acceptors (Lipinski definition) is 0. The van der Waals surface area contributed by atoms with Crippen LogP contribution in [-0.2, 0) is 44.8 Å². The predicted molar refractivity (Wildman–Crippen MR) is 222 cm³/mol. The van der Waals surface area contributed by atoms with Crippen molar-refractivity contribution in [3.05, 3.63) is 133 Å². The summed E-state index contributed by atoms with van der Waals surface area (Å²) in [7, 11) is -0.229. The fraction of sp³-hybridized carbons (Fsp3) is 0.304. The standard InChI is InChI=1S/2C16H9.C14H32P2.2Au/c2*1-2-14-15-9-5-3-7-12(15)11-13-8-4-6-10-16(13)14;1-11(2)15(12(3)4)9-10-16(13(5)6)14(7)8;;/h2*3-11H;11-14H,9-10H2,1-8H3;;/q2*-1;;2*+1/p+2. The van der Waals surface area contributed by atoms with Crippen molar-refractivity contribution >= 4 is 58.9 Å². The van der Waals surface area contributed by atoms with Crippen molar-refractivity contribution in [2.75, 3.05) is 12.3 Å². The van der Waals surface area contributed by atoms with Crippen molar-refractivity contribution in [2.45, 2.75) is 78.0 Å². The Kier molecular flexibility index (Phi) is 18.8. The third kappa shape index (κ3) is 11.2. The first-order chi connectivity index (χ1) is 23.1. The van der Waals surface area contributed by atoms with Crippen LogP contribution < -0.4 is 0 Å². The van der Waals surface area contributed by atoms with Crippen molar-refractivity contribution < 1.29 is 44.8 Å². The zero-order valence-corrected chi connectivity index (χ0v) is 37.1. The largest absolute Gasteiger partial charge is 1.00 e. The molecule has 4 heteroatoms. The van der Waals surface area contributed by atoms with Gasteiger partial charge in [-0.25, -0.2) is 0 Å². The molecule has 0 heterocycles. The molecule has 0 saturated carbocycles. The predicted octanol–water partition coefficient (Wildman–Crippen LogP) is 12.9. The van der Waals surface area contributed by atoms with E-state index in [9.17, 15) is 0 Å². The van der Waals surface area contributed by atoms with E-state index in [1.165, 1.54) is 0 Å². The van der Waals surface area contributed by atoms with Gasteiger partial charge in [-0.1, -0.05) is 119 Å². The van der Waals surface area contributed by atoms with Crippen LogP contribution in [0.5, 0.6) is 0 Å². The van der Waals surface area contributed by atoms with Gasteiger partial charge in [0.15, 0.2) is 0 Å². The second-order valence-electron chi connectivity index (χ2n) is 13.9. The van der Waals surface area contributed by atoms with Crippen LogP contribution in [-0.4, -0.2) is 35.0 Å². The maximum atomic E-state index is 7.46. The van der Waals surface area contributed by atoms with Gasteiger partial charge in [0, 0.05) is 15.8 Å². The Hall–Kier alpha value is -2.18. The molecule has 0 spiro atoms. The molecule has 6 aromatic carbocycles. The molecule has 0 aliphatic heterocycles. The topological polar surface area (TPSA) is 0 Å². The fourth-order valence-corrected chi connectivity index (χ4v) is 14.4. The molecule has 0 saturated heterocycles. The van der Waals surface area contributed by atoms with Gasteiger partial charge in [0.2, 0.25) is 0 Å². The number of hydrogen-bond donors (Lipinski definition) is 0. The monoisotopic (exact) mass is 1060 g/mol. The third-order valence-corrected chi connectivity index (χ3v) is 17.5.